The Kier molecular flexibility index (Phi) is 3.69. The van der Waals surface area contributed by atoms with Gasteiger partial charge in [-0.3, -0.25) is 5.10 Å². The van der Waals surface area contributed by atoms with Crippen LogP contribution in [0, 0.1) is 11.8 Å². The molecule has 7 nitrogen and oxygen atoms in total. The molecule has 1 aromatic heterocycles. The van der Waals surface area contributed by atoms with Gasteiger partial charge in [-0.15, -0.1) is 0 Å². The summed E-state index contributed by atoms with van der Waals surface area (Å²) < 4.78 is 67.4. The van der Waals surface area contributed by atoms with Gasteiger partial charge in [-0.05, 0) is 42.4 Å². The lowest BCUT2D eigenvalue weighted by atomic mass is 9.85. The fourth-order valence-corrected chi connectivity index (χ4v) is 4.92. The van der Waals surface area contributed by atoms with Crippen LogP contribution in [0.25, 0.3) is 10.9 Å². The van der Waals surface area contributed by atoms with E-state index in [1.165, 1.54) is 13.2 Å². The van der Waals surface area contributed by atoms with E-state index in [2.05, 4.69) is 19.6 Å². The molecule has 0 saturated heterocycles. The lowest BCUT2D eigenvalue weighted by Crippen LogP contribution is -2.39. The maximum Gasteiger partial charge on any atom is 0.416 e. The molecular weight excluding hydrogens is 373 g/mol. The average Bonchev–Trinajstić information content (AvgIpc) is 2.97. The zero-order valence-electron chi connectivity index (χ0n) is 13.6. The summed E-state index contributed by atoms with van der Waals surface area (Å²) in [5.41, 5.74) is -1.92. The number of hydrogen-bond donors (Lipinski definition) is 4. The highest BCUT2D eigenvalue weighted by Gasteiger charge is 2.62. The molecule has 0 unspecified atom stereocenters. The second-order valence-electron chi connectivity index (χ2n) is 6.97. The first-order valence-corrected chi connectivity index (χ1v) is 9.50. The number of benzene rings is 1. The zero-order valence-corrected chi connectivity index (χ0v) is 14.4. The summed E-state index contributed by atoms with van der Waals surface area (Å²) in [6, 6.07) is 1.63. The SMILES string of the molecule is CNS(=O)(=O)N[C@@H]1[C@@H]2C[C@@](O)(c3cc(C(F)(F)F)cc4[nH]ncc34)C[C@@H]21. The van der Waals surface area contributed by atoms with E-state index in [0.717, 1.165) is 12.1 Å². The quantitative estimate of drug-likeness (QED) is 0.630. The van der Waals surface area contributed by atoms with Crippen LogP contribution in [0.5, 0.6) is 0 Å². The Morgan fingerprint density at radius 3 is 2.54 bits per heavy atom. The van der Waals surface area contributed by atoms with Crippen LogP contribution in [0.15, 0.2) is 18.3 Å². The number of aromatic amines is 1. The normalized spacial score (nSPS) is 31.3. The van der Waals surface area contributed by atoms with Gasteiger partial charge in [-0.2, -0.15) is 31.4 Å². The molecule has 142 valence electrons. The van der Waals surface area contributed by atoms with Crippen molar-refractivity contribution in [3.05, 3.63) is 29.5 Å². The molecule has 4 atom stereocenters. The van der Waals surface area contributed by atoms with Crippen molar-refractivity contribution in [2.45, 2.75) is 30.7 Å². The monoisotopic (exact) mass is 390 g/mol. The van der Waals surface area contributed by atoms with Gasteiger partial charge in [0.1, 0.15) is 0 Å². The van der Waals surface area contributed by atoms with Gasteiger partial charge in [0.05, 0.1) is 22.9 Å². The fraction of sp³-hybridized carbons (Fsp3) is 0.533. The summed E-state index contributed by atoms with van der Waals surface area (Å²) in [6.45, 7) is 0. The largest absolute Gasteiger partial charge is 0.416 e. The smallest absolute Gasteiger partial charge is 0.385 e. The van der Waals surface area contributed by atoms with Crippen LogP contribution in [0.3, 0.4) is 0 Å². The van der Waals surface area contributed by atoms with Gasteiger partial charge in [-0.25, -0.2) is 4.72 Å². The van der Waals surface area contributed by atoms with Crippen LogP contribution in [-0.2, 0) is 22.0 Å². The summed E-state index contributed by atoms with van der Waals surface area (Å²) in [5.74, 6) is -0.223. The van der Waals surface area contributed by atoms with Crippen molar-refractivity contribution < 1.29 is 26.7 Å². The minimum Gasteiger partial charge on any atom is -0.385 e. The van der Waals surface area contributed by atoms with Crippen LogP contribution in [0.4, 0.5) is 13.2 Å². The third-order valence-electron chi connectivity index (χ3n) is 5.43. The number of hydrogen-bond acceptors (Lipinski definition) is 4. The summed E-state index contributed by atoms with van der Waals surface area (Å²) in [7, 11) is -2.31. The Bertz CT molecular complexity index is 960. The number of fused-ring (bicyclic) bond motifs is 2. The third kappa shape index (κ3) is 2.79. The lowest BCUT2D eigenvalue weighted by molar-refractivity contribution is -0.137. The second-order valence-corrected chi connectivity index (χ2v) is 8.62. The molecule has 1 heterocycles. The average molecular weight is 390 g/mol. The highest BCUT2D eigenvalue weighted by atomic mass is 32.2. The molecule has 0 aliphatic heterocycles. The molecule has 2 saturated carbocycles. The van der Waals surface area contributed by atoms with Crippen LogP contribution >= 0.6 is 0 Å². The first-order valence-electron chi connectivity index (χ1n) is 8.02. The van der Waals surface area contributed by atoms with Crippen LogP contribution in [0.1, 0.15) is 24.0 Å². The number of alkyl halides is 3. The predicted molar refractivity (Wildman–Crippen MR) is 86.1 cm³/mol. The van der Waals surface area contributed by atoms with Crippen molar-refractivity contribution in [1.82, 2.24) is 19.6 Å². The molecule has 0 bridgehead atoms. The van der Waals surface area contributed by atoms with Gasteiger partial charge in [0, 0.05) is 18.5 Å². The van der Waals surface area contributed by atoms with E-state index in [0.29, 0.717) is 5.39 Å². The molecule has 0 amide bonds. The number of rotatable bonds is 4. The second kappa shape index (κ2) is 5.41. The highest BCUT2D eigenvalue weighted by molar-refractivity contribution is 7.87. The van der Waals surface area contributed by atoms with Crippen molar-refractivity contribution in [2.24, 2.45) is 11.8 Å². The molecule has 4 N–H and O–H groups in total. The van der Waals surface area contributed by atoms with Gasteiger partial charge in [-0.1, -0.05) is 0 Å². The predicted octanol–water partition coefficient (Wildman–Crippen LogP) is 1.23. The summed E-state index contributed by atoms with van der Waals surface area (Å²) in [4.78, 5) is 0. The molecule has 11 heteroatoms. The minimum absolute atomic E-state index is 0.111. The van der Waals surface area contributed by atoms with Crippen molar-refractivity contribution in [3.63, 3.8) is 0 Å². The van der Waals surface area contributed by atoms with Crippen LogP contribution < -0.4 is 9.44 Å². The fourth-order valence-electron chi connectivity index (χ4n) is 4.10. The van der Waals surface area contributed by atoms with Crippen LogP contribution in [-0.4, -0.2) is 36.8 Å². The first-order chi connectivity index (χ1) is 12.0. The Labute approximate surface area is 147 Å². The molecule has 2 fully saturated rings. The molecule has 2 aliphatic carbocycles. The topological polar surface area (TPSA) is 107 Å². The van der Waals surface area contributed by atoms with E-state index < -0.39 is 27.6 Å². The molecule has 26 heavy (non-hydrogen) atoms. The number of halogens is 3. The lowest BCUT2D eigenvalue weighted by Gasteiger charge is -2.28. The molecule has 0 radical (unpaired) electrons. The summed E-state index contributed by atoms with van der Waals surface area (Å²) >= 11 is 0. The number of H-pyrrole nitrogens is 1. The number of nitrogens with zero attached hydrogens (tertiary/aromatic N) is 1. The van der Waals surface area contributed by atoms with Gasteiger partial charge in [0.25, 0.3) is 10.2 Å². The molecule has 1 aromatic carbocycles. The Morgan fingerprint density at radius 1 is 1.31 bits per heavy atom. The standard InChI is InChI=1S/C15H17F3N4O3S/c1-19-26(24,25)22-13-8-4-14(23,5-9(8)13)11-2-7(15(16,17)18)3-12-10(11)6-20-21-12/h2-3,6,8-9,13,19,22-23H,4-5H2,1H3,(H,20,21)/t8-,9+,13-,14+. The first kappa shape index (κ1) is 17.7. The Morgan fingerprint density at radius 2 is 1.96 bits per heavy atom. The van der Waals surface area contributed by atoms with E-state index in [1.54, 1.807) is 0 Å². The minimum atomic E-state index is -4.54. The Balaban J connectivity index is 1.65. The van der Waals surface area contributed by atoms with E-state index in [9.17, 15) is 26.7 Å². The van der Waals surface area contributed by atoms with Gasteiger partial charge in [0.15, 0.2) is 0 Å². The van der Waals surface area contributed by atoms with Crippen molar-refractivity contribution in [2.75, 3.05) is 7.05 Å². The zero-order chi connectivity index (χ0) is 18.9. The molecule has 2 aromatic rings. The molecule has 2 aliphatic rings. The maximum atomic E-state index is 13.2. The summed E-state index contributed by atoms with van der Waals surface area (Å²) in [6.07, 6.45) is -2.77. The molecule has 4 rings (SSSR count). The van der Waals surface area contributed by atoms with Crippen molar-refractivity contribution >= 4 is 21.1 Å². The van der Waals surface area contributed by atoms with Crippen molar-refractivity contribution in [3.8, 4) is 0 Å². The van der Waals surface area contributed by atoms with Gasteiger partial charge >= 0.3 is 6.18 Å². The van der Waals surface area contributed by atoms with E-state index in [4.69, 9.17) is 0 Å². The Hall–Kier alpha value is -1.69. The van der Waals surface area contributed by atoms with E-state index in [1.807, 2.05) is 0 Å². The van der Waals surface area contributed by atoms with Gasteiger partial charge in [0.2, 0.25) is 0 Å². The maximum absolute atomic E-state index is 13.2. The number of nitrogens with one attached hydrogen (secondary N) is 3. The number of aliphatic hydroxyl groups is 1. The van der Waals surface area contributed by atoms with Crippen molar-refractivity contribution in [1.29, 1.82) is 0 Å². The summed E-state index contributed by atoms with van der Waals surface area (Å²) in [5, 5.41) is 17.8. The third-order valence-corrected chi connectivity index (χ3v) is 6.55. The molecular formula is C15H17F3N4O3S. The van der Waals surface area contributed by atoms with E-state index in [-0.39, 0.29) is 41.8 Å². The number of aromatic nitrogens is 2. The van der Waals surface area contributed by atoms with Gasteiger partial charge < -0.3 is 5.11 Å². The molecule has 0 spiro atoms. The highest BCUT2D eigenvalue weighted by Crippen LogP contribution is 2.60. The van der Waals surface area contributed by atoms with Crippen LogP contribution in [0.2, 0.25) is 0 Å². The van der Waals surface area contributed by atoms with E-state index >= 15 is 0 Å².